The summed E-state index contributed by atoms with van der Waals surface area (Å²) in [6.07, 6.45) is 4.44. The van der Waals surface area contributed by atoms with Gasteiger partial charge in [0.2, 0.25) is 0 Å². The van der Waals surface area contributed by atoms with Crippen LogP contribution in [-0.2, 0) is 7.05 Å². The van der Waals surface area contributed by atoms with Crippen LogP contribution in [-0.4, -0.2) is 9.78 Å². The van der Waals surface area contributed by atoms with E-state index in [0.29, 0.717) is 0 Å². The lowest BCUT2D eigenvalue weighted by molar-refractivity contribution is 0.481. The highest BCUT2D eigenvalue weighted by molar-refractivity contribution is 5.32. The number of nitrogens with two attached hydrogens (primary N) is 1. The zero-order chi connectivity index (χ0) is 12.3. The number of hydrogen-bond donors (Lipinski definition) is 1. The summed E-state index contributed by atoms with van der Waals surface area (Å²) in [5.41, 5.74) is 7.08. The van der Waals surface area contributed by atoms with Gasteiger partial charge in [0.05, 0.1) is 12.4 Å². The van der Waals surface area contributed by atoms with Crippen molar-refractivity contribution in [3.63, 3.8) is 0 Å². The Bertz CT molecular complexity index is 476. The summed E-state index contributed by atoms with van der Waals surface area (Å²) in [5.74, 6) is 1.53. The Balaban J connectivity index is 2.08. The van der Waals surface area contributed by atoms with Crippen LogP contribution in [0.15, 0.2) is 36.7 Å². The number of aromatic nitrogens is 2. The molecule has 0 fully saturated rings. The zero-order valence-corrected chi connectivity index (χ0v) is 10.1. The average Bonchev–Trinajstić information content (AvgIpc) is 2.75. The fourth-order valence-corrected chi connectivity index (χ4v) is 1.61. The van der Waals surface area contributed by atoms with Crippen LogP contribution >= 0.6 is 0 Å². The van der Waals surface area contributed by atoms with Crippen LogP contribution in [0.3, 0.4) is 0 Å². The molecule has 4 heteroatoms. The smallest absolute Gasteiger partial charge is 0.165 e. The lowest BCUT2D eigenvalue weighted by Crippen LogP contribution is -2.07. The molecule has 2 rings (SSSR count). The van der Waals surface area contributed by atoms with Crippen LogP contribution in [0.25, 0.3) is 0 Å². The van der Waals surface area contributed by atoms with E-state index >= 15 is 0 Å². The second-order valence-electron chi connectivity index (χ2n) is 4.04. The van der Waals surface area contributed by atoms with Crippen LogP contribution in [0.2, 0.25) is 0 Å². The standard InChI is InChI=1S/C13H17N3O/c1-3-13(14)10-4-6-11(7-5-10)17-12-8-15-16(2)9-12/h4-9,13H,3,14H2,1-2H3. The molecule has 1 aromatic carbocycles. The minimum Gasteiger partial charge on any atom is -0.454 e. The third-order valence-electron chi connectivity index (χ3n) is 2.66. The van der Waals surface area contributed by atoms with Crippen molar-refractivity contribution in [2.75, 3.05) is 0 Å². The Kier molecular flexibility index (Phi) is 3.44. The molecule has 0 bridgehead atoms. The molecule has 0 spiro atoms. The predicted molar refractivity (Wildman–Crippen MR) is 66.9 cm³/mol. The molecule has 0 aliphatic carbocycles. The van der Waals surface area contributed by atoms with Crippen molar-refractivity contribution in [1.29, 1.82) is 0 Å². The summed E-state index contributed by atoms with van der Waals surface area (Å²) < 4.78 is 7.35. The fraction of sp³-hybridized carbons (Fsp3) is 0.308. The zero-order valence-electron chi connectivity index (χ0n) is 10.1. The van der Waals surface area contributed by atoms with E-state index in [0.717, 1.165) is 23.5 Å². The van der Waals surface area contributed by atoms with E-state index in [-0.39, 0.29) is 6.04 Å². The molecule has 4 nitrogen and oxygen atoms in total. The highest BCUT2D eigenvalue weighted by Gasteiger charge is 2.04. The molecule has 1 aromatic heterocycles. The van der Waals surface area contributed by atoms with E-state index in [9.17, 15) is 0 Å². The van der Waals surface area contributed by atoms with Gasteiger partial charge in [0, 0.05) is 13.1 Å². The lowest BCUT2D eigenvalue weighted by atomic mass is 10.1. The van der Waals surface area contributed by atoms with Gasteiger partial charge in [-0.2, -0.15) is 5.10 Å². The molecule has 0 aliphatic heterocycles. The van der Waals surface area contributed by atoms with Crippen LogP contribution in [0.4, 0.5) is 0 Å². The lowest BCUT2D eigenvalue weighted by Gasteiger charge is -2.09. The van der Waals surface area contributed by atoms with Crippen molar-refractivity contribution < 1.29 is 4.74 Å². The van der Waals surface area contributed by atoms with Gasteiger partial charge < -0.3 is 10.5 Å². The SMILES string of the molecule is CCC(N)c1ccc(Oc2cnn(C)c2)cc1. The van der Waals surface area contributed by atoms with E-state index in [4.69, 9.17) is 10.5 Å². The topological polar surface area (TPSA) is 53.1 Å². The first-order valence-corrected chi connectivity index (χ1v) is 5.71. The number of hydrogen-bond acceptors (Lipinski definition) is 3. The number of ether oxygens (including phenoxy) is 1. The van der Waals surface area contributed by atoms with Crippen LogP contribution in [0, 0.1) is 0 Å². The summed E-state index contributed by atoms with van der Waals surface area (Å²) in [7, 11) is 1.86. The Morgan fingerprint density at radius 1 is 1.29 bits per heavy atom. The van der Waals surface area contributed by atoms with Gasteiger partial charge in [0.1, 0.15) is 5.75 Å². The predicted octanol–water partition coefficient (Wildman–Crippen LogP) is 2.62. The van der Waals surface area contributed by atoms with E-state index < -0.39 is 0 Å². The maximum atomic E-state index is 5.95. The van der Waals surface area contributed by atoms with E-state index in [2.05, 4.69) is 12.0 Å². The van der Waals surface area contributed by atoms with Crippen molar-refractivity contribution in [2.24, 2.45) is 12.8 Å². The number of rotatable bonds is 4. The summed E-state index contributed by atoms with van der Waals surface area (Å²) in [5, 5.41) is 4.04. The minimum atomic E-state index is 0.0995. The summed E-state index contributed by atoms with van der Waals surface area (Å²) in [6, 6.07) is 7.96. The first-order valence-electron chi connectivity index (χ1n) is 5.71. The van der Waals surface area contributed by atoms with Crippen molar-refractivity contribution in [3.05, 3.63) is 42.2 Å². The molecule has 0 saturated carbocycles. The number of nitrogens with zero attached hydrogens (tertiary/aromatic N) is 2. The normalized spacial score (nSPS) is 12.4. The van der Waals surface area contributed by atoms with Gasteiger partial charge in [-0.15, -0.1) is 0 Å². The Hall–Kier alpha value is -1.81. The Morgan fingerprint density at radius 2 is 2.00 bits per heavy atom. The second kappa shape index (κ2) is 5.01. The maximum Gasteiger partial charge on any atom is 0.165 e. The quantitative estimate of drug-likeness (QED) is 0.880. The highest BCUT2D eigenvalue weighted by Crippen LogP contribution is 2.22. The molecule has 0 saturated heterocycles. The van der Waals surface area contributed by atoms with Crippen LogP contribution < -0.4 is 10.5 Å². The van der Waals surface area contributed by atoms with Gasteiger partial charge in [0.25, 0.3) is 0 Å². The van der Waals surface area contributed by atoms with Gasteiger partial charge in [-0.25, -0.2) is 0 Å². The van der Waals surface area contributed by atoms with E-state index in [1.165, 1.54) is 0 Å². The van der Waals surface area contributed by atoms with Gasteiger partial charge >= 0.3 is 0 Å². The molecular weight excluding hydrogens is 214 g/mol. The Morgan fingerprint density at radius 3 is 2.53 bits per heavy atom. The van der Waals surface area contributed by atoms with Gasteiger partial charge in [-0.1, -0.05) is 19.1 Å². The van der Waals surface area contributed by atoms with Crippen molar-refractivity contribution in [3.8, 4) is 11.5 Å². The monoisotopic (exact) mass is 231 g/mol. The van der Waals surface area contributed by atoms with Gasteiger partial charge in [-0.05, 0) is 24.1 Å². The molecule has 0 radical (unpaired) electrons. The molecular formula is C13H17N3O. The highest BCUT2D eigenvalue weighted by atomic mass is 16.5. The first-order chi connectivity index (χ1) is 8.19. The molecule has 0 amide bonds. The number of aryl methyl sites for hydroxylation is 1. The largest absolute Gasteiger partial charge is 0.454 e. The Labute approximate surface area is 101 Å². The molecule has 1 atom stereocenters. The molecule has 90 valence electrons. The second-order valence-corrected chi connectivity index (χ2v) is 4.04. The molecule has 1 unspecified atom stereocenters. The minimum absolute atomic E-state index is 0.0995. The maximum absolute atomic E-state index is 5.95. The summed E-state index contributed by atoms with van der Waals surface area (Å²) in [6.45, 7) is 2.07. The average molecular weight is 231 g/mol. The molecule has 0 aliphatic rings. The summed E-state index contributed by atoms with van der Waals surface area (Å²) >= 11 is 0. The third-order valence-corrected chi connectivity index (χ3v) is 2.66. The fourth-order valence-electron chi connectivity index (χ4n) is 1.61. The third kappa shape index (κ3) is 2.85. The summed E-state index contributed by atoms with van der Waals surface area (Å²) in [4.78, 5) is 0. The molecule has 2 aromatic rings. The first kappa shape index (κ1) is 11.7. The van der Waals surface area contributed by atoms with Crippen LogP contribution in [0.1, 0.15) is 24.9 Å². The number of benzene rings is 1. The van der Waals surface area contributed by atoms with Gasteiger partial charge in [0.15, 0.2) is 5.75 Å². The van der Waals surface area contributed by atoms with Crippen molar-refractivity contribution >= 4 is 0 Å². The van der Waals surface area contributed by atoms with Crippen molar-refractivity contribution in [2.45, 2.75) is 19.4 Å². The molecule has 17 heavy (non-hydrogen) atoms. The van der Waals surface area contributed by atoms with Gasteiger partial charge in [-0.3, -0.25) is 4.68 Å². The van der Waals surface area contributed by atoms with E-state index in [1.807, 2.05) is 37.5 Å². The van der Waals surface area contributed by atoms with Crippen LogP contribution in [0.5, 0.6) is 11.5 Å². The van der Waals surface area contributed by atoms with Crippen molar-refractivity contribution in [1.82, 2.24) is 9.78 Å². The molecule has 1 heterocycles. The molecule has 2 N–H and O–H groups in total. The van der Waals surface area contributed by atoms with E-state index in [1.54, 1.807) is 10.9 Å².